The zero-order valence-electron chi connectivity index (χ0n) is 12.1. The Morgan fingerprint density at radius 3 is 2.48 bits per heavy atom. The lowest BCUT2D eigenvalue weighted by molar-refractivity contribution is 0.395. The van der Waals surface area contributed by atoms with Gasteiger partial charge in [-0.2, -0.15) is 0 Å². The van der Waals surface area contributed by atoms with E-state index in [1.54, 1.807) is 32.4 Å². The number of methoxy groups -OCH3 is 2. The van der Waals surface area contributed by atoms with Gasteiger partial charge in [-0.3, -0.25) is 0 Å². The third-order valence-electron chi connectivity index (χ3n) is 3.22. The molecule has 5 heteroatoms. The third-order valence-corrected chi connectivity index (χ3v) is 3.51. The van der Waals surface area contributed by atoms with Gasteiger partial charge in [0.25, 0.3) is 0 Å². The number of hydrogen-bond acceptors (Lipinski definition) is 3. The highest BCUT2D eigenvalue weighted by Crippen LogP contribution is 2.32. The van der Waals surface area contributed by atoms with Crippen LogP contribution in [0.5, 0.6) is 11.5 Å². The van der Waals surface area contributed by atoms with Crippen LogP contribution in [0.25, 0.3) is 0 Å². The van der Waals surface area contributed by atoms with Crippen molar-refractivity contribution >= 4 is 17.3 Å². The van der Waals surface area contributed by atoms with Crippen molar-refractivity contribution in [2.45, 2.75) is 13.0 Å². The van der Waals surface area contributed by atoms with Crippen molar-refractivity contribution in [3.63, 3.8) is 0 Å². The fourth-order valence-corrected chi connectivity index (χ4v) is 2.21. The maximum absolute atomic E-state index is 13.2. The summed E-state index contributed by atoms with van der Waals surface area (Å²) >= 11 is 5.82. The molecule has 0 radical (unpaired) electrons. The maximum atomic E-state index is 13.2. The molecule has 0 fully saturated rings. The SMILES string of the molecule is COc1ccc(NC(C)c2ccc(F)c(Cl)c2)c(OC)c1. The smallest absolute Gasteiger partial charge is 0.145 e. The minimum absolute atomic E-state index is 0.0506. The third kappa shape index (κ3) is 3.58. The van der Waals surface area contributed by atoms with Crippen LogP contribution in [0.4, 0.5) is 10.1 Å². The Bertz CT molecular complexity index is 634. The minimum atomic E-state index is -0.422. The minimum Gasteiger partial charge on any atom is -0.497 e. The molecule has 112 valence electrons. The number of benzene rings is 2. The molecular weight excluding hydrogens is 293 g/mol. The molecule has 21 heavy (non-hydrogen) atoms. The first-order chi connectivity index (χ1) is 10.0. The lowest BCUT2D eigenvalue weighted by Crippen LogP contribution is -2.08. The van der Waals surface area contributed by atoms with E-state index in [1.807, 2.05) is 19.1 Å². The van der Waals surface area contributed by atoms with Crippen molar-refractivity contribution in [2.24, 2.45) is 0 Å². The Morgan fingerprint density at radius 1 is 1.10 bits per heavy atom. The van der Waals surface area contributed by atoms with Crippen LogP contribution in [0.1, 0.15) is 18.5 Å². The first-order valence-corrected chi connectivity index (χ1v) is 6.86. The molecule has 0 saturated heterocycles. The number of nitrogens with one attached hydrogen (secondary N) is 1. The van der Waals surface area contributed by atoms with Gasteiger partial charge in [-0.1, -0.05) is 17.7 Å². The van der Waals surface area contributed by atoms with Crippen LogP contribution in [0.3, 0.4) is 0 Å². The summed E-state index contributed by atoms with van der Waals surface area (Å²) in [6.07, 6.45) is 0. The molecule has 0 aromatic heterocycles. The van der Waals surface area contributed by atoms with E-state index in [0.29, 0.717) is 5.75 Å². The van der Waals surface area contributed by atoms with E-state index < -0.39 is 5.82 Å². The predicted octanol–water partition coefficient (Wildman–Crippen LogP) is 4.67. The topological polar surface area (TPSA) is 30.5 Å². The van der Waals surface area contributed by atoms with Crippen LogP contribution >= 0.6 is 11.6 Å². The van der Waals surface area contributed by atoms with Gasteiger partial charge in [0.2, 0.25) is 0 Å². The quantitative estimate of drug-likeness (QED) is 0.870. The number of hydrogen-bond donors (Lipinski definition) is 1. The Kier molecular flexibility index (Phi) is 4.91. The Labute approximate surface area is 128 Å². The van der Waals surface area contributed by atoms with Gasteiger partial charge in [0.05, 0.1) is 24.9 Å². The van der Waals surface area contributed by atoms with Crippen LogP contribution in [-0.4, -0.2) is 14.2 Å². The summed E-state index contributed by atoms with van der Waals surface area (Å²) in [7, 11) is 3.20. The molecule has 0 bridgehead atoms. The molecule has 2 aromatic rings. The van der Waals surface area contributed by atoms with Crippen molar-refractivity contribution in [3.05, 3.63) is 52.8 Å². The Hall–Kier alpha value is -1.94. The standard InChI is InChI=1S/C16H17ClFNO2/c1-10(11-4-6-14(18)13(17)8-11)19-15-7-5-12(20-2)9-16(15)21-3/h4-10,19H,1-3H3. The van der Waals surface area contributed by atoms with E-state index in [-0.39, 0.29) is 11.1 Å². The van der Waals surface area contributed by atoms with Gasteiger partial charge < -0.3 is 14.8 Å². The van der Waals surface area contributed by atoms with Crippen LogP contribution in [0, 0.1) is 5.82 Å². The van der Waals surface area contributed by atoms with Crippen LogP contribution < -0.4 is 14.8 Å². The average molecular weight is 310 g/mol. The van der Waals surface area contributed by atoms with E-state index in [4.69, 9.17) is 21.1 Å². The Morgan fingerprint density at radius 2 is 1.86 bits per heavy atom. The van der Waals surface area contributed by atoms with E-state index in [2.05, 4.69) is 5.32 Å². The molecule has 0 spiro atoms. The zero-order valence-corrected chi connectivity index (χ0v) is 12.9. The molecule has 0 heterocycles. The van der Waals surface area contributed by atoms with Crippen LogP contribution in [0.15, 0.2) is 36.4 Å². The molecule has 1 atom stereocenters. The van der Waals surface area contributed by atoms with Crippen molar-refractivity contribution in [1.29, 1.82) is 0 Å². The molecule has 1 N–H and O–H groups in total. The molecule has 0 aliphatic carbocycles. The second kappa shape index (κ2) is 6.68. The average Bonchev–Trinajstić information content (AvgIpc) is 2.50. The van der Waals surface area contributed by atoms with Gasteiger partial charge in [0, 0.05) is 12.1 Å². The molecular formula is C16H17ClFNO2. The maximum Gasteiger partial charge on any atom is 0.145 e. The van der Waals surface area contributed by atoms with E-state index in [0.717, 1.165) is 17.0 Å². The predicted molar refractivity (Wildman–Crippen MR) is 83.0 cm³/mol. The fourth-order valence-electron chi connectivity index (χ4n) is 2.02. The first kappa shape index (κ1) is 15.4. The number of halogens is 2. The number of ether oxygens (including phenoxy) is 2. The fraction of sp³-hybridized carbons (Fsp3) is 0.250. The molecule has 0 aliphatic rings. The van der Waals surface area contributed by atoms with E-state index in [1.165, 1.54) is 6.07 Å². The first-order valence-electron chi connectivity index (χ1n) is 6.48. The summed E-state index contributed by atoms with van der Waals surface area (Å²) in [5.41, 5.74) is 1.71. The second-order valence-corrected chi connectivity index (χ2v) is 5.01. The normalized spacial score (nSPS) is 11.9. The largest absolute Gasteiger partial charge is 0.497 e. The summed E-state index contributed by atoms with van der Waals surface area (Å²) in [4.78, 5) is 0. The molecule has 2 rings (SSSR count). The highest BCUT2D eigenvalue weighted by atomic mass is 35.5. The van der Waals surface area contributed by atoms with Crippen LogP contribution in [-0.2, 0) is 0 Å². The van der Waals surface area contributed by atoms with Gasteiger partial charge >= 0.3 is 0 Å². The lowest BCUT2D eigenvalue weighted by Gasteiger charge is -2.18. The molecule has 1 unspecified atom stereocenters. The van der Waals surface area contributed by atoms with Crippen molar-refractivity contribution in [1.82, 2.24) is 0 Å². The van der Waals surface area contributed by atoms with Gasteiger partial charge in [-0.15, -0.1) is 0 Å². The highest BCUT2D eigenvalue weighted by molar-refractivity contribution is 6.30. The Balaban J connectivity index is 2.22. The number of anilines is 1. The molecule has 3 nitrogen and oxygen atoms in total. The summed E-state index contributed by atoms with van der Waals surface area (Å²) < 4.78 is 23.7. The molecule has 2 aromatic carbocycles. The zero-order chi connectivity index (χ0) is 15.4. The summed E-state index contributed by atoms with van der Waals surface area (Å²) in [6, 6.07) is 10.1. The molecule has 0 aliphatic heterocycles. The van der Waals surface area contributed by atoms with Crippen molar-refractivity contribution < 1.29 is 13.9 Å². The van der Waals surface area contributed by atoms with Gasteiger partial charge in [-0.25, -0.2) is 4.39 Å². The second-order valence-electron chi connectivity index (χ2n) is 4.61. The van der Waals surface area contributed by atoms with Gasteiger partial charge in [-0.05, 0) is 36.8 Å². The highest BCUT2D eigenvalue weighted by Gasteiger charge is 2.11. The summed E-state index contributed by atoms with van der Waals surface area (Å²) in [6.45, 7) is 1.97. The van der Waals surface area contributed by atoms with E-state index in [9.17, 15) is 4.39 Å². The molecule has 0 amide bonds. The van der Waals surface area contributed by atoms with Gasteiger partial charge in [0.1, 0.15) is 17.3 Å². The van der Waals surface area contributed by atoms with Crippen molar-refractivity contribution in [3.8, 4) is 11.5 Å². The van der Waals surface area contributed by atoms with Crippen molar-refractivity contribution in [2.75, 3.05) is 19.5 Å². The van der Waals surface area contributed by atoms with E-state index >= 15 is 0 Å². The monoisotopic (exact) mass is 309 g/mol. The summed E-state index contributed by atoms with van der Waals surface area (Å²) in [5, 5.41) is 3.43. The lowest BCUT2D eigenvalue weighted by atomic mass is 10.1. The number of rotatable bonds is 5. The van der Waals surface area contributed by atoms with Crippen LogP contribution in [0.2, 0.25) is 5.02 Å². The molecule has 0 saturated carbocycles. The van der Waals surface area contributed by atoms with Gasteiger partial charge in [0.15, 0.2) is 0 Å². The summed E-state index contributed by atoms with van der Waals surface area (Å²) in [5.74, 6) is 0.971.